The quantitative estimate of drug-likeness (QED) is 0.612. The van der Waals surface area contributed by atoms with Crippen LogP contribution < -0.4 is 15.5 Å². The second-order valence-corrected chi connectivity index (χ2v) is 8.25. The maximum Gasteiger partial charge on any atom is 0.253 e. The Balaban J connectivity index is 1.32. The Hall–Kier alpha value is -3.01. The largest absolute Gasteiger partial charge is 0.370 e. The molecule has 9 nitrogen and oxygen atoms in total. The van der Waals surface area contributed by atoms with E-state index in [1.165, 1.54) is 0 Å². The van der Waals surface area contributed by atoms with Crippen LogP contribution in [0.1, 0.15) is 18.9 Å². The summed E-state index contributed by atoms with van der Waals surface area (Å²) in [7, 11) is 0. The van der Waals surface area contributed by atoms with Crippen molar-refractivity contribution in [1.82, 2.24) is 24.8 Å². The van der Waals surface area contributed by atoms with Crippen molar-refractivity contribution in [3.8, 4) is 11.4 Å². The van der Waals surface area contributed by atoms with Gasteiger partial charge in [0, 0.05) is 30.2 Å². The molecule has 4 heterocycles. The van der Waals surface area contributed by atoms with E-state index in [2.05, 4.69) is 30.2 Å². The first-order chi connectivity index (χ1) is 15.7. The predicted octanol–water partition coefficient (Wildman–Crippen LogP) is 3.02. The molecule has 3 aromatic rings. The molecule has 2 saturated heterocycles. The molecule has 2 aliphatic heterocycles. The molecule has 10 heteroatoms. The van der Waals surface area contributed by atoms with E-state index in [4.69, 9.17) is 16.3 Å². The Bertz CT molecular complexity index is 1100. The first kappa shape index (κ1) is 20.9. The Labute approximate surface area is 190 Å². The van der Waals surface area contributed by atoms with Crippen LogP contribution in [-0.2, 0) is 9.53 Å². The molecule has 166 valence electrons. The summed E-state index contributed by atoms with van der Waals surface area (Å²) in [5, 5.41) is 7.03. The first-order valence-electron chi connectivity index (χ1n) is 10.7. The van der Waals surface area contributed by atoms with Crippen molar-refractivity contribution in [1.29, 1.82) is 0 Å². The van der Waals surface area contributed by atoms with Gasteiger partial charge in [-0.15, -0.1) is 0 Å². The number of amides is 1. The molecule has 2 fully saturated rings. The molecule has 2 aromatic heterocycles. The van der Waals surface area contributed by atoms with Gasteiger partial charge in [-0.05, 0) is 50.2 Å². The summed E-state index contributed by atoms with van der Waals surface area (Å²) in [6.45, 7) is 3.24. The minimum absolute atomic E-state index is 0.0356. The van der Waals surface area contributed by atoms with E-state index >= 15 is 0 Å². The van der Waals surface area contributed by atoms with Gasteiger partial charge in [-0.25, -0.2) is 15.0 Å². The number of rotatable bonds is 5. The fourth-order valence-corrected chi connectivity index (χ4v) is 4.20. The maximum absolute atomic E-state index is 12.0. The molecule has 5 rings (SSSR count). The molecular formula is C22H24ClN7O2. The van der Waals surface area contributed by atoms with Crippen LogP contribution in [0, 0.1) is 0 Å². The number of morpholine rings is 1. The van der Waals surface area contributed by atoms with Crippen molar-refractivity contribution in [3.05, 3.63) is 48.0 Å². The lowest BCUT2D eigenvalue weighted by atomic mass is 10.1. The van der Waals surface area contributed by atoms with Gasteiger partial charge < -0.3 is 24.8 Å². The molecule has 0 radical (unpaired) electrons. The summed E-state index contributed by atoms with van der Waals surface area (Å²) in [6, 6.07) is 8.00. The van der Waals surface area contributed by atoms with Gasteiger partial charge in [-0.2, -0.15) is 0 Å². The molecule has 32 heavy (non-hydrogen) atoms. The Morgan fingerprint density at radius 3 is 2.75 bits per heavy atom. The van der Waals surface area contributed by atoms with Crippen molar-refractivity contribution in [2.24, 2.45) is 0 Å². The molecule has 2 N–H and O–H groups in total. The van der Waals surface area contributed by atoms with Gasteiger partial charge >= 0.3 is 0 Å². The zero-order chi connectivity index (χ0) is 21.9. The lowest BCUT2D eigenvalue weighted by molar-refractivity contribution is -0.125. The van der Waals surface area contributed by atoms with Crippen LogP contribution in [-0.4, -0.2) is 58.3 Å². The van der Waals surface area contributed by atoms with E-state index in [-0.39, 0.29) is 12.5 Å². The third kappa shape index (κ3) is 4.45. The minimum atomic E-state index is -0.0356. The van der Waals surface area contributed by atoms with Crippen LogP contribution >= 0.6 is 11.6 Å². The van der Waals surface area contributed by atoms with E-state index in [0.29, 0.717) is 35.9 Å². The molecule has 0 saturated carbocycles. The summed E-state index contributed by atoms with van der Waals surface area (Å²) in [6.07, 6.45) is 7.58. The average molecular weight is 454 g/mol. The van der Waals surface area contributed by atoms with E-state index in [1.54, 1.807) is 11.1 Å². The number of piperidine rings is 1. The van der Waals surface area contributed by atoms with Gasteiger partial charge in [0.2, 0.25) is 5.95 Å². The van der Waals surface area contributed by atoms with E-state index in [9.17, 15) is 4.79 Å². The van der Waals surface area contributed by atoms with Crippen LogP contribution in [0.25, 0.3) is 11.4 Å². The number of aromatic nitrogens is 4. The Kier molecular flexibility index (Phi) is 6.02. The number of imidazole rings is 1. The third-order valence-electron chi connectivity index (χ3n) is 5.74. The molecule has 1 amide bonds. The van der Waals surface area contributed by atoms with Crippen molar-refractivity contribution in [3.63, 3.8) is 0 Å². The third-order valence-corrected chi connectivity index (χ3v) is 6.02. The highest BCUT2D eigenvalue weighted by Crippen LogP contribution is 2.28. The van der Waals surface area contributed by atoms with Gasteiger partial charge in [0.1, 0.15) is 18.0 Å². The Morgan fingerprint density at radius 2 is 1.97 bits per heavy atom. The fraction of sp³-hybridized carbons (Fsp3) is 0.364. The number of carbonyl (C=O) groups excluding carboxylic acids is 1. The zero-order valence-corrected chi connectivity index (χ0v) is 18.3. The zero-order valence-electron chi connectivity index (χ0n) is 17.5. The van der Waals surface area contributed by atoms with Crippen LogP contribution in [0.15, 0.2) is 43.0 Å². The summed E-state index contributed by atoms with van der Waals surface area (Å²) in [5.41, 5.74) is 2.96. The van der Waals surface area contributed by atoms with Crippen LogP contribution in [0.4, 0.5) is 17.3 Å². The lowest BCUT2D eigenvalue weighted by Crippen LogP contribution is -2.41. The molecule has 0 aliphatic carbocycles. The van der Waals surface area contributed by atoms with Gasteiger partial charge in [-0.1, -0.05) is 11.6 Å². The monoisotopic (exact) mass is 453 g/mol. The molecule has 0 spiro atoms. The van der Waals surface area contributed by atoms with E-state index in [0.717, 1.165) is 43.0 Å². The lowest BCUT2D eigenvalue weighted by Gasteiger charge is -2.26. The van der Waals surface area contributed by atoms with Crippen molar-refractivity contribution in [2.45, 2.75) is 18.9 Å². The number of anilines is 3. The predicted molar refractivity (Wildman–Crippen MR) is 122 cm³/mol. The number of hydrogen-bond acceptors (Lipinski definition) is 7. The first-order valence-corrected chi connectivity index (χ1v) is 11.1. The van der Waals surface area contributed by atoms with Crippen molar-refractivity contribution < 1.29 is 9.53 Å². The standard InChI is InChI=1S/C22H24ClN7O2/c23-18-11-25-22(27-15-1-3-17(4-2-15)30-9-10-32-13-20(30)31)28-21(18)19-12-29(14-26-19)16-5-7-24-8-6-16/h1-4,11-12,14,16,24H,5-10,13H2,(H,25,27,28). The molecule has 0 unspecified atom stereocenters. The van der Waals surface area contributed by atoms with E-state index < -0.39 is 0 Å². The smallest absolute Gasteiger partial charge is 0.253 e. The summed E-state index contributed by atoms with van der Waals surface area (Å²) in [4.78, 5) is 27.2. The highest BCUT2D eigenvalue weighted by Gasteiger charge is 2.20. The number of benzene rings is 1. The molecule has 2 aliphatic rings. The van der Waals surface area contributed by atoms with Crippen LogP contribution in [0.3, 0.4) is 0 Å². The number of nitrogens with zero attached hydrogens (tertiary/aromatic N) is 5. The SMILES string of the molecule is O=C1COCCN1c1ccc(Nc2ncc(Cl)c(-c3cn(C4CCNCC4)cn3)n2)cc1. The fourth-order valence-electron chi connectivity index (χ4n) is 4.02. The van der Waals surface area contributed by atoms with Crippen LogP contribution in [0.5, 0.6) is 0 Å². The second-order valence-electron chi connectivity index (χ2n) is 7.85. The molecular weight excluding hydrogens is 430 g/mol. The van der Waals surface area contributed by atoms with Gasteiger partial charge in [0.05, 0.1) is 24.2 Å². The normalized spacial score (nSPS) is 17.5. The number of halogens is 1. The number of nitrogens with one attached hydrogen (secondary N) is 2. The highest BCUT2D eigenvalue weighted by molar-refractivity contribution is 6.32. The Morgan fingerprint density at radius 1 is 1.16 bits per heavy atom. The molecule has 0 atom stereocenters. The molecule has 0 bridgehead atoms. The highest BCUT2D eigenvalue weighted by atomic mass is 35.5. The average Bonchev–Trinajstić information content (AvgIpc) is 3.32. The topological polar surface area (TPSA) is 97.2 Å². The number of ether oxygens (including phenoxy) is 1. The van der Waals surface area contributed by atoms with E-state index in [1.807, 2.05) is 36.8 Å². The van der Waals surface area contributed by atoms with Crippen molar-refractivity contribution in [2.75, 3.05) is 43.1 Å². The minimum Gasteiger partial charge on any atom is -0.370 e. The van der Waals surface area contributed by atoms with Crippen LogP contribution in [0.2, 0.25) is 5.02 Å². The summed E-state index contributed by atoms with van der Waals surface area (Å²) >= 11 is 6.39. The second kappa shape index (κ2) is 9.23. The summed E-state index contributed by atoms with van der Waals surface area (Å²) < 4.78 is 7.34. The summed E-state index contributed by atoms with van der Waals surface area (Å²) in [5.74, 6) is 0.391. The maximum atomic E-state index is 12.0. The molecule has 1 aromatic carbocycles. The number of hydrogen-bond donors (Lipinski definition) is 2. The van der Waals surface area contributed by atoms with Gasteiger partial charge in [0.15, 0.2) is 0 Å². The number of carbonyl (C=O) groups is 1. The van der Waals surface area contributed by atoms with Gasteiger partial charge in [-0.3, -0.25) is 4.79 Å². The van der Waals surface area contributed by atoms with Gasteiger partial charge in [0.25, 0.3) is 5.91 Å². The van der Waals surface area contributed by atoms with Crippen molar-refractivity contribution >= 4 is 34.8 Å².